The van der Waals surface area contributed by atoms with E-state index in [1.165, 1.54) is 0 Å². The van der Waals surface area contributed by atoms with Crippen molar-refractivity contribution in [3.8, 4) is 0 Å². The summed E-state index contributed by atoms with van der Waals surface area (Å²) in [5, 5.41) is 5.52. The normalized spacial score (nSPS) is 22.7. The molecule has 1 saturated heterocycles. The number of aromatic amines is 1. The van der Waals surface area contributed by atoms with Crippen LogP contribution in [-0.2, 0) is 14.3 Å². The first-order valence-corrected chi connectivity index (χ1v) is 8.68. The quantitative estimate of drug-likeness (QED) is 0.690. The highest BCUT2D eigenvalue weighted by molar-refractivity contribution is 5.98. The molecule has 0 aliphatic carbocycles. The Labute approximate surface area is 147 Å². The van der Waals surface area contributed by atoms with Gasteiger partial charge in [-0.05, 0) is 31.2 Å². The van der Waals surface area contributed by atoms with E-state index in [0.717, 1.165) is 0 Å². The molecular weight excluding hydrogens is 322 g/mol. The Kier molecular flexibility index (Phi) is 6.36. The van der Waals surface area contributed by atoms with Crippen LogP contribution < -0.4 is 10.6 Å². The first-order chi connectivity index (χ1) is 11.8. The fourth-order valence-electron chi connectivity index (χ4n) is 2.70. The van der Waals surface area contributed by atoms with Gasteiger partial charge in [0.05, 0.1) is 11.7 Å². The zero-order valence-corrected chi connectivity index (χ0v) is 15.2. The van der Waals surface area contributed by atoms with Gasteiger partial charge in [0, 0.05) is 12.4 Å². The Morgan fingerprint density at radius 1 is 1.36 bits per heavy atom. The van der Waals surface area contributed by atoms with Gasteiger partial charge in [0.2, 0.25) is 5.91 Å². The maximum atomic E-state index is 12.7. The standard InChI is InChI=1S/C18H27N3O4/c1-10(2)11(3)7-14(20-17(23)13-5-6-19-8-13)18(24)21-16-12(4)25-9-15(16)22/h5-6,8,10-12,14,16,19H,7,9H2,1-4H3,(H,20,23)(H,21,24)/t11?,12-,14?,16-/m0/s1. The van der Waals surface area contributed by atoms with Crippen LogP contribution in [-0.4, -0.2) is 47.4 Å². The molecule has 7 heteroatoms. The van der Waals surface area contributed by atoms with Gasteiger partial charge in [-0.15, -0.1) is 0 Å². The molecule has 3 N–H and O–H groups in total. The van der Waals surface area contributed by atoms with E-state index in [-0.39, 0.29) is 36.2 Å². The lowest BCUT2D eigenvalue weighted by molar-refractivity contribution is -0.127. The fraction of sp³-hybridized carbons (Fsp3) is 0.611. The lowest BCUT2D eigenvalue weighted by atomic mass is 9.90. The van der Waals surface area contributed by atoms with Crippen LogP contribution >= 0.6 is 0 Å². The summed E-state index contributed by atoms with van der Waals surface area (Å²) in [6.07, 6.45) is 3.36. The number of hydrogen-bond donors (Lipinski definition) is 3. The van der Waals surface area contributed by atoms with Gasteiger partial charge in [-0.25, -0.2) is 0 Å². The Morgan fingerprint density at radius 2 is 2.08 bits per heavy atom. The van der Waals surface area contributed by atoms with Crippen LogP contribution in [0.3, 0.4) is 0 Å². The minimum Gasteiger partial charge on any atom is -0.368 e. The molecule has 2 unspecified atom stereocenters. The van der Waals surface area contributed by atoms with Crippen molar-refractivity contribution in [1.82, 2.24) is 15.6 Å². The SMILES string of the molecule is CC(C)C(C)CC(NC(=O)c1cc[nH]c1)C(=O)N[C@@H]1C(=O)CO[C@H]1C. The minimum atomic E-state index is -0.708. The lowest BCUT2D eigenvalue weighted by Crippen LogP contribution is -2.53. The minimum absolute atomic E-state index is 0.00882. The van der Waals surface area contributed by atoms with Crippen LogP contribution in [0.1, 0.15) is 44.5 Å². The number of amides is 2. The summed E-state index contributed by atoms with van der Waals surface area (Å²) in [6, 6.07) is 0.279. The molecule has 25 heavy (non-hydrogen) atoms. The zero-order chi connectivity index (χ0) is 18.6. The molecule has 0 saturated carbocycles. The van der Waals surface area contributed by atoms with Crippen molar-refractivity contribution in [3.05, 3.63) is 24.0 Å². The monoisotopic (exact) mass is 349 g/mol. The second-order valence-corrected chi connectivity index (χ2v) is 7.05. The first-order valence-electron chi connectivity index (χ1n) is 8.68. The molecule has 0 spiro atoms. The largest absolute Gasteiger partial charge is 0.368 e. The lowest BCUT2D eigenvalue weighted by Gasteiger charge is -2.25. The fourth-order valence-corrected chi connectivity index (χ4v) is 2.70. The average molecular weight is 349 g/mol. The van der Waals surface area contributed by atoms with Crippen LogP contribution in [0, 0.1) is 11.8 Å². The van der Waals surface area contributed by atoms with E-state index < -0.39 is 12.1 Å². The van der Waals surface area contributed by atoms with Crippen LogP contribution in [0.25, 0.3) is 0 Å². The Bertz CT molecular complexity index is 612. The van der Waals surface area contributed by atoms with Crippen LogP contribution in [0.2, 0.25) is 0 Å². The molecule has 4 atom stereocenters. The molecule has 0 bridgehead atoms. The molecule has 7 nitrogen and oxygen atoms in total. The third kappa shape index (κ3) is 4.92. The van der Waals surface area contributed by atoms with Crippen molar-refractivity contribution in [1.29, 1.82) is 0 Å². The molecule has 1 fully saturated rings. The predicted octanol–water partition coefficient (Wildman–Crippen LogP) is 1.27. The van der Waals surface area contributed by atoms with Gasteiger partial charge >= 0.3 is 0 Å². The van der Waals surface area contributed by atoms with E-state index in [9.17, 15) is 14.4 Å². The predicted molar refractivity (Wildman–Crippen MR) is 93.0 cm³/mol. The van der Waals surface area contributed by atoms with Crippen molar-refractivity contribution < 1.29 is 19.1 Å². The number of ether oxygens (including phenoxy) is 1. The molecule has 0 radical (unpaired) electrons. The summed E-state index contributed by atoms with van der Waals surface area (Å²) in [5.41, 5.74) is 0.462. The van der Waals surface area contributed by atoms with E-state index in [4.69, 9.17) is 4.74 Å². The highest BCUT2D eigenvalue weighted by atomic mass is 16.5. The maximum Gasteiger partial charge on any atom is 0.253 e. The second-order valence-electron chi connectivity index (χ2n) is 7.05. The number of rotatable bonds is 7. The zero-order valence-electron chi connectivity index (χ0n) is 15.2. The number of hydrogen-bond acceptors (Lipinski definition) is 4. The molecule has 1 aliphatic rings. The highest BCUT2D eigenvalue weighted by Crippen LogP contribution is 2.18. The van der Waals surface area contributed by atoms with Crippen molar-refractivity contribution in [2.45, 2.75) is 52.3 Å². The second kappa shape index (κ2) is 8.29. The van der Waals surface area contributed by atoms with Crippen LogP contribution in [0.15, 0.2) is 18.5 Å². The number of H-pyrrole nitrogens is 1. The van der Waals surface area contributed by atoms with Gasteiger partial charge in [-0.1, -0.05) is 20.8 Å². The Balaban J connectivity index is 2.08. The molecule has 0 aromatic carbocycles. The number of Topliss-reactive ketones (excluding diaryl/α,β-unsaturated/α-hetero) is 1. The molecule has 1 aliphatic heterocycles. The summed E-state index contributed by atoms with van der Waals surface area (Å²) in [6.45, 7) is 7.95. The number of ketones is 1. The number of aromatic nitrogens is 1. The first kappa shape index (κ1) is 19.2. The summed E-state index contributed by atoms with van der Waals surface area (Å²) >= 11 is 0. The van der Waals surface area contributed by atoms with E-state index in [0.29, 0.717) is 17.9 Å². The van der Waals surface area contributed by atoms with Gasteiger partial charge < -0.3 is 20.4 Å². The third-order valence-electron chi connectivity index (χ3n) is 4.83. The van der Waals surface area contributed by atoms with E-state index in [1.54, 1.807) is 25.4 Å². The number of carbonyl (C=O) groups excluding carboxylic acids is 3. The maximum absolute atomic E-state index is 12.7. The molecular formula is C18H27N3O4. The summed E-state index contributed by atoms with van der Waals surface area (Å²) < 4.78 is 5.26. The van der Waals surface area contributed by atoms with Crippen LogP contribution in [0.4, 0.5) is 0 Å². The van der Waals surface area contributed by atoms with E-state index >= 15 is 0 Å². The molecule has 2 amide bonds. The number of nitrogens with one attached hydrogen (secondary N) is 3. The van der Waals surface area contributed by atoms with Crippen molar-refractivity contribution in [2.75, 3.05) is 6.61 Å². The van der Waals surface area contributed by atoms with Gasteiger partial charge in [0.15, 0.2) is 5.78 Å². The highest BCUT2D eigenvalue weighted by Gasteiger charge is 2.36. The van der Waals surface area contributed by atoms with Gasteiger partial charge in [-0.2, -0.15) is 0 Å². The molecule has 1 aromatic rings. The van der Waals surface area contributed by atoms with Gasteiger partial charge in [-0.3, -0.25) is 14.4 Å². The van der Waals surface area contributed by atoms with Crippen molar-refractivity contribution in [2.24, 2.45) is 11.8 Å². The Hall–Kier alpha value is -2.15. The van der Waals surface area contributed by atoms with Gasteiger partial charge in [0.25, 0.3) is 5.91 Å². The van der Waals surface area contributed by atoms with E-state index in [1.807, 2.05) is 6.92 Å². The smallest absolute Gasteiger partial charge is 0.253 e. The van der Waals surface area contributed by atoms with Gasteiger partial charge in [0.1, 0.15) is 18.7 Å². The molecule has 138 valence electrons. The van der Waals surface area contributed by atoms with Crippen molar-refractivity contribution in [3.63, 3.8) is 0 Å². The summed E-state index contributed by atoms with van der Waals surface area (Å²) in [7, 11) is 0. The average Bonchev–Trinajstić information content (AvgIpc) is 3.19. The molecule has 2 rings (SSSR count). The summed E-state index contributed by atoms with van der Waals surface area (Å²) in [4.78, 5) is 39.7. The third-order valence-corrected chi connectivity index (χ3v) is 4.83. The molecule has 1 aromatic heterocycles. The Morgan fingerprint density at radius 3 is 2.60 bits per heavy atom. The van der Waals surface area contributed by atoms with Crippen molar-refractivity contribution >= 4 is 17.6 Å². The summed E-state index contributed by atoms with van der Waals surface area (Å²) in [5.74, 6) is -0.218. The topological polar surface area (TPSA) is 100 Å². The molecule has 2 heterocycles. The van der Waals surface area contributed by atoms with E-state index in [2.05, 4.69) is 29.5 Å². The van der Waals surface area contributed by atoms with Crippen LogP contribution in [0.5, 0.6) is 0 Å². The number of carbonyl (C=O) groups is 3.